The Morgan fingerprint density at radius 3 is 2.50 bits per heavy atom. The molecule has 0 atom stereocenters. The van der Waals surface area contributed by atoms with E-state index >= 15 is 0 Å². The van der Waals surface area contributed by atoms with Crippen molar-refractivity contribution in [2.45, 2.75) is 24.7 Å². The number of nitrogens with one attached hydrogen (secondary N) is 2. The van der Waals surface area contributed by atoms with Crippen LogP contribution < -0.4 is 10.6 Å². The van der Waals surface area contributed by atoms with Gasteiger partial charge in [0.05, 0.1) is 17.7 Å². The molecule has 32 heavy (non-hydrogen) atoms. The average molecular weight is 463 g/mol. The number of benzene rings is 2. The smallest absolute Gasteiger partial charge is 0.326 e. The molecule has 0 aliphatic rings. The van der Waals surface area contributed by atoms with Crippen molar-refractivity contribution in [3.8, 4) is 0 Å². The molecule has 0 saturated heterocycles. The van der Waals surface area contributed by atoms with E-state index in [2.05, 4.69) is 20.8 Å². The maximum absolute atomic E-state index is 12.8. The van der Waals surface area contributed by atoms with Crippen LogP contribution in [0.15, 0.2) is 53.7 Å². The largest absolute Gasteiger partial charge is 0.416 e. The highest BCUT2D eigenvalue weighted by atomic mass is 32.2. The van der Waals surface area contributed by atoms with Gasteiger partial charge in [0.15, 0.2) is 5.16 Å². The average Bonchev–Trinajstić information content (AvgIpc) is 3.07. The summed E-state index contributed by atoms with van der Waals surface area (Å²) in [6, 6.07) is 11.8. The number of halogens is 3. The molecule has 0 aliphatic carbocycles. The van der Waals surface area contributed by atoms with Gasteiger partial charge in [-0.3, -0.25) is 9.59 Å². The zero-order valence-corrected chi connectivity index (χ0v) is 18.0. The summed E-state index contributed by atoms with van der Waals surface area (Å²) in [7, 11) is 1.65. The maximum atomic E-state index is 12.8. The number of amides is 2. The summed E-state index contributed by atoms with van der Waals surface area (Å²) in [5.41, 5.74) is 0.854. The van der Waals surface area contributed by atoms with Crippen LogP contribution in [0.3, 0.4) is 0 Å². The van der Waals surface area contributed by atoms with E-state index in [-0.39, 0.29) is 23.8 Å². The predicted octanol–water partition coefficient (Wildman–Crippen LogP) is 4.05. The summed E-state index contributed by atoms with van der Waals surface area (Å²) < 4.78 is 40.0. The third-order valence-corrected chi connectivity index (χ3v) is 5.49. The van der Waals surface area contributed by atoms with Gasteiger partial charge in [-0.1, -0.05) is 36.0 Å². The summed E-state index contributed by atoms with van der Waals surface area (Å²) in [6.07, 6.45) is -4.68. The Bertz CT molecular complexity index is 1130. The maximum Gasteiger partial charge on any atom is 0.416 e. The Hall–Kier alpha value is -3.34. The van der Waals surface area contributed by atoms with E-state index in [1.165, 1.54) is 12.1 Å². The Labute approximate surface area is 186 Å². The zero-order chi connectivity index (χ0) is 23.3. The zero-order valence-electron chi connectivity index (χ0n) is 17.2. The Balaban J connectivity index is 1.56. The number of aromatic nitrogens is 3. The molecule has 168 valence electrons. The Kier molecular flexibility index (Phi) is 7.18. The van der Waals surface area contributed by atoms with Crippen molar-refractivity contribution in [3.05, 3.63) is 65.5 Å². The minimum absolute atomic E-state index is 0.0365. The number of aryl methyl sites for hydroxylation is 1. The second-order valence-electron chi connectivity index (χ2n) is 6.91. The van der Waals surface area contributed by atoms with Gasteiger partial charge in [0.25, 0.3) is 0 Å². The second-order valence-corrected chi connectivity index (χ2v) is 7.86. The molecule has 2 amide bonds. The van der Waals surface area contributed by atoms with Gasteiger partial charge in [0.2, 0.25) is 11.8 Å². The van der Waals surface area contributed by atoms with Gasteiger partial charge < -0.3 is 15.2 Å². The van der Waals surface area contributed by atoms with E-state index in [4.69, 9.17) is 0 Å². The number of hydrogen-bond donors (Lipinski definition) is 2. The Morgan fingerprint density at radius 2 is 1.78 bits per heavy atom. The van der Waals surface area contributed by atoms with E-state index in [0.29, 0.717) is 11.0 Å². The third kappa shape index (κ3) is 6.10. The van der Waals surface area contributed by atoms with Crippen LogP contribution in [0.1, 0.15) is 17.0 Å². The number of para-hydroxylation sites is 1. The van der Waals surface area contributed by atoms with Gasteiger partial charge in [0.1, 0.15) is 5.82 Å². The molecular weight excluding hydrogens is 443 g/mol. The first kappa shape index (κ1) is 23.3. The third-order valence-electron chi connectivity index (χ3n) is 4.47. The molecule has 1 heterocycles. The first-order chi connectivity index (χ1) is 15.1. The number of rotatable bonds is 7. The van der Waals surface area contributed by atoms with Crippen LogP contribution in [0, 0.1) is 6.92 Å². The lowest BCUT2D eigenvalue weighted by molar-refractivity contribution is -0.137. The lowest BCUT2D eigenvalue weighted by atomic mass is 10.2. The molecule has 2 N–H and O–H groups in total. The van der Waals surface area contributed by atoms with Crippen LogP contribution in [-0.4, -0.2) is 32.3 Å². The van der Waals surface area contributed by atoms with Crippen LogP contribution in [0.25, 0.3) is 0 Å². The molecule has 0 unspecified atom stereocenters. The Morgan fingerprint density at radius 1 is 1.03 bits per heavy atom. The van der Waals surface area contributed by atoms with Crippen molar-refractivity contribution in [3.63, 3.8) is 0 Å². The molecule has 1 aromatic heterocycles. The van der Waals surface area contributed by atoms with E-state index in [1.54, 1.807) is 17.7 Å². The normalized spacial score (nSPS) is 11.3. The SMILES string of the molecule is Cc1ccccc1NC(=O)CSc1nnc(CC(=O)Nc2cccc(C(F)(F)F)c2)n1C. The van der Waals surface area contributed by atoms with Gasteiger partial charge >= 0.3 is 6.18 Å². The van der Waals surface area contributed by atoms with Crippen LogP contribution in [0.2, 0.25) is 0 Å². The van der Waals surface area contributed by atoms with Crippen molar-refractivity contribution in [1.29, 1.82) is 0 Å². The molecule has 0 fully saturated rings. The molecule has 0 radical (unpaired) electrons. The van der Waals surface area contributed by atoms with E-state index < -0.39 is 17.6 Å². The van der Waals surface area contributed by atoms with Crippen LogP contribution >= 0.6 is 11.8 Å². The topological polar surface area (TPSA) is 88.9 Å². The fourth-order valence-corrected chi connectivity index (χ4v) is 3.51. The minimum Gasteiger partial charge on any atom is -0.326 e. The fourth-order valence-electron chi connectivity index (χ4n) is 2.78. The standard InChI is InChI=1S/C21H20F3N5O2S/c1-13-6-3-4-9-16(13)26-19(31)12-32-20-28-27-17(29(20)2)11-18(30)25-15-8-5-7-14(10-15)21(22,23)24/h3-10H,11-12H2,1-2H3,(H,25,30)(H,26,31). The van der Waals surface area contributed by atoms with E-state index in [1.807, 2.05) is 25.1 Å². The quantitative estimate of drug-likeness (QED) is 0.516. The van der Waals surface area contributed by atoms with Crippen LogP contribution in [0.5, 0.6) is 0 Å². The number of nitrogens with zero attached hydrogens (tertiary/aromatic N) is 3. The predicted molar refractivity (Wildman–Crippen MR) is 115 cm³/mol. The lowest BCUT2D eigenvalue weighted by Gasteiger charge is -2.10. The van der Waals surface area contributed by atoms with Gasteiger partial charge in [-0.15, -0.1) is 10.2 Å². The van der Waals surface area contributed by atoms with Gasteiger partial charge in [-0.2, -0.15) is 13.2 Å². The van der Waals surface area contributed by atoms with E-state index in [0.717, 1.165) is 35.1 Å². The van der Waals surface area contributed by atoms with E-state index in [9.17, 15) is 22.8 Å². The lowest BCUT2D eigenvalue weighted by Crippen LogP contribution is -2.18. The number of hydrogen-bond acceptors (Lipinski definition) is 5. The number of alkyl halides is 3. The number of carbonyl (C=O) groups excluding carboxylic acids is 2. The number of anilines is 2. The molecule has 3 rings (SSSR count). The van der Waals surface area contributed by atoms with Crippen LogP contribution in [-0.2, 0) is 29.2 Å². The van der Waals surface area contributed by atoms with Crippen molar-refractivity contribution in [2.75, 3.05) is 16.4 Å². The molecule has 11 heteroatoms. The number of carbonyl (C=O) groups is 2. The molecule has 0 aliphatic heterocycles. The summed E-state index contributed by atoms with van der Waals surface area (Å²) in [5, 5.41) is 13.6. The summed E-state index contributed by atoms with van der Waals surface area (Å²) >= 11 is 1.16. The molecule has 3 aromatic rings. The molecular formula is C21H20F3N5O2S. The van der Waals surface area contributed by atoms with Crippen molar-refractivity contribution in [1.82, 2.24) is 14.8 Å². The summed E-state index contributed by atoms with van der Waals surface area (Å²) in [5.74, 6) is -0.336. The molecule has 0 bridgehead atoms. The number of thioether (sulfide) groups is 1. The fraction of sp³-hybridized carbons (Fsp3) is 0.238. The molecule has 0 saturated carbocycles. The van der Waals surface area contributed by atoms with Gasteiger partial charge in [0, 0.05) is 18.4 Å². The summed E-state index contributed by atoms with van der Waals surface area (Å²) in [6.45, 7) is 1.89. The highest BCUT2D eigenvalue weighted by Crippen LogP contribution is 2.30. The highest BCUT2D eigenvalue weighted by molar-refractivity contribution is 7.99. The van der Waals surface area contributed by atoms with Crippen molar-refractivity contribution in [2.24, 2.45) is 7.05 Å². The van der Waals surface area contributed by atoms with Crippen LogP contribution in [0.4, 0.5) is 24.5 Å². The molecule has 0 spiro atoms. The monoisotopic (exact) mass is 463 g/mol. The van der Waals surface area contributed by atoms with Gasteiger partial charge in [-0.05, 0) is 36.8 Å². The second kappa shape index (κ2) is 9.86. The van der Waals surface area contributed by atoms with Crippen molar-refractivity contribution < 1.29 is 22.8 Å². The van der Waals surface area contributed by atoms with Crippen molar-refractivity contribution >= 4 is 35.0 Å². The van der Waals surface area contributed by atoms with Gasteiger partial charge in [-0.25, -0.2) is 0 Å². The molecule has 2 aromatic carbocycles. The first-order valence-electron chi connectivity index (χ1n) is 9.47. The summed E-state index contributed by atoms with van der Waals surface area (Å²) in [4.78, 5) is 24.5. The first-order valence-corrected chi connectivity index (χ1v) is 10.5. The minimum atomic E-state index is -4.50. The highest BCUT2D eigenvalue weighted by Gasteiger charge is 2.30. The molecule has 7 nitrogen and oxygen atoms in total.